The summed E-state index contributed by atoms with van der Waals surface area (Å²) in [6.07, 6.45) is -4.30. The third-order valence-electron chi connectivity index (χ3n) is 3.12. The first kappa shape index (κ1) is 13.1. The van der Waals surface area contributed by atoms with Crippen LogP contribution in [0.2, 0.25) is 0 Å². The van der Waals surface area contributed by atoms with E-state index in [9.17, 15) is 14.6 Å². The molecule has 1 fully saturated rings. The van der Waals surface area contributed by atoms with Crippen molar-refractivity contribution >= 4 is 17.0 Å². The van der Waals surface area contributed by atoms with E-state index in [1.165, 1.54) is 18.0 Å². The van der Waals surface area contributed by atoms with Gasteiger partial charge in [0.25, 0.3) is 0 Å². The summed E-state index contributed by atoms with van der Waals surface area (Å²) < 4.78 is 24.7. The number of aliphatic hydroxyl groups excluding tert-OH is 2. The molecule has 1 aliphatic heterocycles. The van der Waals surface area contributed by atoms with E-state index in [0.717, 1.165) is 0 Å². The molecule has 9 nitrogen and oxygen atoms in total. The molecule has 0 aromatic carbocycles. The number of imidazole rings is 1. The number of hydrogen-bond donors (Lipinski definition) is 3. The molecule has 0 saturated carbocycles. The van der Waals surface area contributed by atoms with Crippen molar-refractivity contribution in [2.45, 2.75) is 24.7 Å². The Morgan fingerprint density at radius 2 is 2.15 bits per heavy atom. The third kappa shape index (κ3) is 1.81. The largest absolute Gasteiger partial charge is 0.385 e. The summed E-state index contributed by atoms with van der Waals surface area (Å²) in [4.78, 5) is 10.9. The van der Waals surface area contributed by atoms with Crippen LogP contribution in [-0.4, -0.2) is 55.3 Å². The Hall–Kier alpha value is -1.88. The Balaban J connectivity index is 2.07. The van der Waals surface area contributed by atoms with Gasteiger partial charge in [0.2, 0.25) is 0 Å². The highest BCUT2D eigenvalue weighted by atomic mass is 19.1. The second kappa shape index (κ2) is 4.59. The number of nitrogen functional groups attached to an aromatic ring is 1. The molecule has 0 amide bonds. The van der Waals surface area contributed by atoms with Crippen LogP contribution in [0.15, 0.2) is 6.33 Å². The summed E-state index contributed by atoms with van der Waals surface area (Å²) in [6, 6.07) is 0. The predicted molar refractivity (Wildman–Crippen MR) is 62.6 cm³/mol. The minimum Gasteiger partial charge on any atom is -0.385 e. The maximum absolute atomic E-state index is 13.2. The van der Waals surface area contributed by atoms with Crippen LogP contribution in [0.25, 0.3) is 11.2 Å². The van der Waals surface area contributed by atoms with Crippen LogP contribution in [0.4, 0.5) is 10.2 Å². The van der Waals surface area contributed by atoms with Gasteiger partial charge in [0.15, 0.2) is 29.5 Å². The topological polar surface area (TPSA) is 129 Å². The van der Waals surface area contributed by atoms with Gasteiger partial charge in [0, 0.05) is 7.11 Å². The average molecular weight is 285 g/mol. The van der Waals surface area contributed by atoms with Crippen LogP contribution in [-0.2, 0) is 9.47 Å². The van der Waals surface area contributed by atoms with Gasteiger partial charge in [-0.1, -0.05) is 0 Å². The predicted octanol–water partition coefficient (Wildman–Crippen LogP) is -1.23. The van der Waals surface area contributed by atoms with Crippen LogP contribution in [0.3, 0.4) is 0 Å². The molecule has 1 saturated heterocycles. The van der Waals surface area contributed by atoms with Gasteiger partial charge < -0.3 is 25.4 Å². The summed E-state index contributed by atoms with van der Waals surface area (Å²) >= 11 is 0. The van der Waals surface area contributed by atoms with Crippen molar-refractivity contribution in [1.82, 2.24) is 19.5 Å². The lowest BCUT2D eigenvalue weighted by Gasteiger charge is -2.15. The van der Waals surface area contributed by atoms with E-state index in [-0.39, 0.29) is 17.0 Å². The van der Waals surface area contributed by atoms with Crippen molar-refractivity contribution in [3.63, 3.8) is 0 Å². The number of nitrogens with two attached hydrogens (primary N) is 1. The number of hydrogen-bond acceptors (Lipinski definition) is 8. The first-order valence-corrected chi connectivity index (χ1v) is 5.73. The number of aliphatic hydroxyl groups is 2. The summed E-state index contributed by atoms with van der Waals surface area (Å²) in [6.45, 7) is 0. The smallest absolute Gasteiger partial charge is 0.312 e. The first-order valence-electron chi connectivity index (χ1n) is 5.73. The number of anilines is 1. The molecule has 1 aliphatic rings. The van der Waals surface area contributed by atoms with Gasteiger partial charge in [-0.2, -0.15) is 14.4 Å². The van der Waals surface area contributed by atoms with Crippen molar-refractivity contribution in [2.75, 3.05) is 12.8 Å². The molecular weight excluding hydrogens is 273 g/mol. The summed E-state index contributed by atoms with van der Waals surface area (Å²) in [5.41, 5.74) is 5.78. The van der Waals surface area contributed by atoms with Crippen LogP contribution in [0.1, 0.15) is 6.23 Å². The Morgan fingerprint density at radius 3 is 2.80 bits per heavy atom. The van der Waals surface area contributed by atoms with Crippen molar-refractivity contribution in [1.29, 1.82) is 0 Å². The number of aromatic nitrogens is 4. The first-order chi connectivity index (χ1) is 9.52. The van der Waals surface area contributed by atoms with E-state index in [1.54, 1.807) is 0 Å². The second-order valence-electron chi connectivity index (χ2n) is 4.31. The Bertz CT molecular complexity index is 650. The highest BCUT2D eigenvalue weighted by Gasteiger charge is 2.44. The summed E-state index contributed by atoms with van der Waals surface area (Å²) in [5.74, 6) is -0.123. The van der Waals surface area contributed by atoms with Crippen molar-refractivity contribution < 1.29 is 24.1 Å². The lowest BCUT2D eigenvalue weighted by atomic mass is 10.2. The molecule has 2 aromatic rings. The SMILES string of the molecule is CO[C@H]1O[C@@H](n2cnc3c(N)nc(F)nc32)[C@@H](O)[C@@H]1O. The number of rotatable bonds is 2. The molecule has 4 N–H and O–H groups in total. The highest BCUT2D eigenvalue weighted by Crippen LogP contribution is 2.32. The molecule has 0 aliphatic carbocycles. The van der Waals surface area contributed by atoms with Gasteiger partial charge in [-0.05, 0) is 0 Å². The number of fused-ring (bicyclic) bond motifs is 1. The molecule has 0 unspecified atom stereocenters. The standard InChI is InChI=1S/C10H12FN5O4/c1-19-9-5(18)4(17)8(20-9)16-2-13-3-6(12)14-10(11)15-7(3)16/h2,4-5,8-9,17-18H,1H3,(H2,12,14,15)/t4-,5-,8+,9-/m0/s1. The molecule has 2 aromatic heterocycles. The zero-order chi connectivity index (χ0) is 14.4. The minimum atomic E-state index is -1.28. The van der Waals surface area contributed by atoms with E-state index >= 15 is 0 Å². The van der Waals surface area contributed by atoms with Gasteiger partial charge in [-0.25, -0.2) is 4.98 Å². The Morgan fingerprint density at radius 1 is 1.40 bits per heavy atom. The zero-order valence-corrected chi connectivity index (χ0v) is 10.3. The second-order valence-corrected chi connectivity index (χ2v) is 4.31. The number of methoxy groups -OCH3 is 1. The molecule has 20 heavy (non-hydrogen) atoms. The molecule has 3 rings (SSSR count). The highest BCUT2D eigenvalue weighted by molar-refractivity contribution is 5.81. The van der Waals surface area contributed by atoms with E-state index in [4.69, 9.17) is 15.2 Å². The van der Waals surface area contributed by atoms with E-state index in [1.807, 2.05) is 0 Å². The molecule has 0 spiro atoms. The van der Waals surface area contributed by atoms with Gasteiger partial charge >= 0.3 is 6.08 Å². The number of nitrogens with zero attached hydrogens (tertiary/aromatic N) is 4. The monoisotopic (exact) mass is 285 g/mol. The quantitative estimate of drug-likeness (QED) is 0.585. The number of ether oxygens (including phenoxy) is 2. The maximum Gasteiger partial charge on any atom is 0.312 e. The molecule has 3 heterocycles. The van der Waals surface area contributed by atoms with Crippen molar-refractivity contribution in [3.05, 3.63) is 12.4 Å². The lowest BCUT2D eigenvalue weighted by Crippen LogP contribution is -2.32. The Kier molecular flexibility index (Phi) is 3.01. The molecule has 10 heteroatoms. The van der Waals surface area contributed by atoms with Crippen molar-refractivity contribution in [3.8, 4) is 0 Å². The average Bonchev–Trinajstić information content (AvgIpc) is 2.93. The molecule has 0 radical (unpaired) electrons. The Labute approximate surface area is 111 Å². The summed E-state index contributed by atoms with van der Waals surface area (Å²) in [7, 11) is 1.33. The van der Waals surface area contributed by atoms with Gasteiger partial charge in [0.05, 0.1) is 6.33 Å². The maximum atomic E-state index is 13.2. The van der Waals surface area contributed by atoms with Crippen molar-refractivity contribution in [2.24, 2.45) is 0 Å². The third-order valence-corrected chi connectivity index (χ3v) is 3.12. The fourth-order valence-corrected chi connectivity index (χ4v) is 2.15. The van der Waals surface area contributed by atoms with E-state index in [2.05, 4.69) is 15.0 Å². The van der Waals surface area contributed by atoms with Gasteiger partial charge in [-0.3, -0.25) is 4.57 Å². The fraction of sp³-hybridized carbons (Fsp3) is 0.500. The van der Waals surface area contributed by atoms with Crippen LogP contribution in [0.5, 0.6) is 0 Å². The summed E-state index contributed by atoms with van der Waals surface area (Å²) in [5, 5.41) is 19.7. The molecule has 0 bridgehead atoms. The molecule has 4 atom stereocenters. The van der Waals surface area contributed by atoms with Crippen LogP contribution in [0, 0.1) is 6.08 Å². The lowest BCUT2D eigenvalue weighted by molar-refractivity contribution is -0.160. The van der Waals surface area contributed by atoms with E-state index < -0.39 is 30.8 Å². The van der Waals surface area contributed by atoms with Gasteiger partial charge in [0.1, 0.15) is 12.2 Å². The van der Waals surface area contributed by atoms with Crippen LogP contribution < -0.4 is 5.73 Å². The molecular formula is C10H12FN5O4. The fourth-order valence-electron chi connectivity index (χ4n) is 2.15. The minimum absolute atomic E-state index is 0.0583. The van der Waals surface area contributed by atoms with E-state index in [0.29, 0.717) is 0 Å². The van der Waals surface area contributed by atoms with Gasteiger partial charge in [-0.15, -0.1) is 0 Å². The normalized spacial score (nSPS) is 30.2. The molecule has 108 valence electrons. The number of halogens is 1. The van der Waals surface area contributed by atoms with Crippen LogP contribution >= 0.6 is 0 Å². The zero-order valence-electron chi connectivity index (χ0n) is 10.3.